The van der Waals surface area contributed by atoms with Crippen LogP contribution in [0.1, 0.15) is 312 Å². The van der Waals surface area contributed by atoms with Gasteiger partial charge in [0, 0.05) is 32.3 Å². The molecule has 0 N–H and O–H groups in total. The summed E-state index contributed by atoms with van der Waals surface area (Å²) in [6, 6.07) is 114. The molecule has 132 heavy (non-hydrogen) atoms. The average Bonchev–Trinajstić information content (AvgIpc) is 1.52. The summed E-state index contributed by atoms with van der Waals surface area (Å²) in [6.45, 7) is 66.6. The topological polar surface area (TPSA) is 39.4 Å². The average molecular weight is 1750 g/mol. The lowest BCUT2D eigenvalue weighted by molar-refractivity contribution is 0.665. The van der Waals surface area contributed by atoms with Crippen LogP contribution in [0.3, 0.4) is 0 Å². The maximum absolute atomic E-state index is 6.50. The first-order valence-electron chi connectivity index (χ1n) is 51.3. The number of hydrogen-bond acceptors (Lipinski definition) is 3. The number of aryl methyl sites for hydroxylation is 3. The lowest BCUT2D eigenvalue weighted by Gasteiger charge is -2.30. The predicted molar refractivity (Wildman–Crippen MR) is 588 cm³/mol. The summed E-state index contributed by atoms with van der Waals surface area (Å²) in [4.78, 5) is 0. The standard InChI is InChI=1S/3C33H22O.15C2H6/c1-2-20-10-9-17-30-32(20)25-18-24-23-13-5-8-16-28(23)33(29(24)19-31(25)34-30)26-14-6-3-11-21(26)22-12-4-7-15-27(22)33;1-2-20-15-16-31-25(17-20)26-18-24-23-11-5-8-14-29(23)33(30(24)19-32(26)34-31)27-12-6-3-9-21(27)22-10-4-7-13-28(22)33;1-2-20-15-16-24-26-18-25-23-11-5-8-14-29(23)33(30(25)19-32(26)34-31(24)17-20)27-12-6-3-9-21(27)22-10-4-7-13-28(22)33;15*1-2/h3*3-19H,2H2,1H3;15*1-2H3. The molecule has 0 saturated heterocycles. The van der Waals surface area contributed by atoms with Gasteiger partial charge >= 0.3 is 0 Å². The van der Waals surface area contributed by atoms with Gasteiger partial charge in [0.05, 0.1) is 16.2 Å². The van der Waals surface area contributed by atoms with Crippen molar-refractivity contribution in [3.8, 4) is 66.8 Å². The van der Waals surface area contributed by atoms with Crippen LogP contribution in [0.5, 0.6) is 0 Å². The van der Waals surface area contributed by atoms with Gasteiger partial charge in [-0.05, 0) is 230 Å². The summed E-state index contributed by atoms with van der Waals surface area (Å²) in [6.07, 6.45) is 3.02. The molecular formula is C129H156O3. The summed E-state index contributed by atoms with van der Waals surface area (Å²) >= 11 is 0. The van der Waals surface area contributed by atoms with E-state index in [2.05, 4.69) is 330 Å². The van der Waals surface area contributed by atoms with Gasteiger partial charge in [0.2, 0.25) is 0 Å². The molecule has 0 bridgehead atoms. The Bertz CT molecular complexity index is 6440. The molecule has 0 amide bonds. The molecule has 0 aliphatic heterocycles. The van der Waals surface area contributed by atoms with E-state index < -0.39 is 0 Å². The highest BCUT2D eigenvalue weighted by molar-refractivity contribution is 6.13. The molecule has 24 rings (SSSR count). The molecule has 0 atom stereocenters. The molecule has 0 radical (unpaired) electrons. The van der Waals surface area contributed by atoms with Gasteiger partial charge in [-0.3, -0.25) is 0 Å². The van der Waals surface area contributed by atoms with Crippen LogP contribution in [-0.4, -0.2) is 0 Å². The van der Waals surface area contributed by atoms with Gasteiger partial charge < -0.3 is 13.3 Å². The third-order valence-electron chi connectivity index (χ3n) is 24.2. The molecule has 0 fully saturated rings. The Morgan fingerprint density at radius 3 is 0.682 bits per heavy atom. The fourth-order valence-corrected chi connectivity index (χ4v) is 20.0. The summed E-state index contributed by atoms with van der Waals surface area (Å²) < 4.78 is 19.5. The van der Waals surface area contributed by atoms with Crippen LogP contribution in [0, 0.1) is 0 Å². The molecule has 6 aliphatic rings. The largest absolute Gasteiger partial charge is 0.456 e. The molecule has 3 heterocycles. The number of rotatable bonds is 3. The number of fused-ring (bicyclic) bond motifs is 39. The van der Waals surface area contributed by atoms with Crippen molar-refractivity contribution in [1.29, 1.82) is 0 Å². The van der Waals surface area contributed by atoms with E-state index in [9.17, 15) is 0 Å². The summed E-state index contributed by atoms with van der Waals surface area (Å²) in [7, 11) is 0. The molecule has 6 aliphatic carbocycles. The second kappa shape index (κ2) is 50.9. The minimum atomic E-state index is -0.320. The van der Waals surface area contributed by atoms with Crippen LogP contribution in [0.15, 0.2) is 323 Å². The van der Waals surface area contributed by atoms with Crippen LogP contribution >= 0.6 is 0 Å². The first-order chi connectivity index (χ1) is 65.4. The third-order valence-corrected chi connectivity index (χ3v) is 24.2. The Morgan fingerprint density at radius 1 is 0.159 bits per heavy atom. The van der Waals surface area contributed by atoms with E-state index in [1.165, 1.54) is 183 Å². The van der Waals surface area contributed by atoms with Crippen molar-refractivity contribution < 1.29 is 13.3 Å². The van der Waals surface area contributed by atoms with E-state index in [0.717, 1.165) is 52.8 Å². The van der Waals surface area contributed by atoms with Crippen molar-refractivity contribution in [2.75, 3.05) is 0 Å². The number of furan rings is 3. The first-order valence-corrected chi connectivity index (χ1v) is 51.3. The minimum Gasteiger partial charge on any atom is -0.456 e. The Labute approximate surface area is 797 Å². The highest BCUT2D eigenvalue weighted by Crippen LogP contribution is 2.67. The van der Waals surface area contributed by atoms with E-state index in [-0.39, 0.29) is 16.2 Å². The molecule has 3 nitrogen and oxygen atoms in total. The van der Waals surface area contributed by atoms with E-state index in [4.69, 9.17) is 13.3 Å². The second-order valence-electron chi connectivity index (χ2n) is 28.7. The van der Waals surface area contributed by atoms with Gasteiger partial charge in [-0.15, -0.1) is 0 Å². The lowest BCUT2D eigenvalue weighted by Crippen LogP contribution is -2.25. The molecule has 15 aromatic carbocycles. The maximum Gasteiger partial charge on any atom is 0.135 e. The van der Waals surface area contributed by atoms with Gasteiger partial charge in [0.15, 0.2) is 0 Å². The molecule has 0 unspecified atom stereocenters. The molecule has 3 aromatic heterocycles. The molecule has 18 aromatic rings. The molecule has 690 valence electrons. The fraction of sp³-hybridized carbons (Fsp3) is 0.302. The molecule has 3 spiro atoms. The molecule has 3 heteroatoms. The quantitative estimate of drug-likeness (QED) is 0.177. The van der Waals surface area contributed by atoms with E-state index in [1.807, 2.05) is 208 Å². The Kier molecular flexibility index (Phi) is 41.2. The zero-order chi connectivity index (χ0) is 97.3. The smallest absolute Gasteiger partial charge is 0.135 e. The zero-order valence-corrected chi connectivity index (χ0v) is 86.8. The molecular weight excluding hydrogens is 1600 g/mol. The minimum absolute atomic E-state index is 0.319. The van der Waals surface area contributed by atoms with Gasteiger partial charge in [-0.25, -0.2) is 0 Å². The molecule has 0 saturated carbocycles. The van der Waals surface area contributed by atoms with Crippen molar-refractivity contribution in [2.24, 2.45) is 0 Å². The van der Waals surface area contributed by atoms with E-state index in [1.54, 1.807) is 0 Å². The Morgan fingerprint density at radius 2 is 0.386 bits per heavy atom. The first kappa shape index (κ1) is 107. The van der Waals surface area contributed by atoms with Crippen molar-refractivity contribution in [2.45, 2.75) is 264 Å². The van der Waals surface area contributed by atoms with Gasteiger partial charge in [0.25, 0.3) is 0 Å². The number of benzene rings is 15. The van der Waals surface area contributed by atoms with Crippen LogP contribution in [0.2, 0.25) is 0 Å². The highest BCUT2D eigenvalue weighted by Gasteiger charge is 2.55. The van der Waals surface area contributed by atoms with Crippen molar-refractivity contribution in [1.82, 2.24) is 0 Å². The normalized spacial score (nSPS) is 11.8. The number of hydrogen-bond donors (Lipinski definition) is 0. The van der Waals surface area contributed by atoms with Crippen molar-refractivity contribution in [3.63, 3.8) is 0 Å². The van der Waals surface area contributed by atoms with Crippen molar-refractivity contribution >= 4 is 65.8 Å². The SMILES string of the molecule is CC.CC.CC.CC.CC.CC.CC.CC.CC.CC.CC.CC.CC.CC.CC.CCc1ccc2c(c1)oc1cc3c(cc12)-c1ccccc1C31c2ccccc2-c2ccccc21.CCc1ccc2oc3cc4c(cc3c2c1)-c1ccccc1C41c2ccccc2-c2ccccc21.CCc1cccc2oc3cc4c(cc3c12)-c1ccccc1C41c2ccccc2-c2ccccc21. The zero-order valence-electron chi connectivity index (χ0n) is 86.8. The maximum atomic E-state index is 6.50. The van der Waals surface area contributed by atoms with Gasteiger partial charge in [-0.1, -0.05) is 477 Å². The Balaban J connectivity index is 0.000000236. The summed E-state index contributed by atoms with van der Waals surface area (Å²) in [5.41, 5.74) is 41.1. The monoisotopic (exact) mass is 1750 g/mol. The third kappa shape index (κ3) is 17.7. The summed E-state index contributed by atoms with van der Waals surface area (Å²) in [5.74, 6) is 0. The fourth-order valence-electron chi connectivity index (χ4n) is 20.0. The van der Waals surface area contributed by atoms with Gasteiger partial charge in [-0.2, -0.15) is 0 Å². The highest BCUT2D eigenvalue weighted by atomic mass is 16.3. The van der Waals surface area contributed by atoms with E-state index >= 15 is 0 Å². The predicted octanol–water partition coefficient (Wildman–Crippen LogP) is 40.9. The second-order valence-corrected chi connectivity index (χ2v) is 28.7. The lowest BCUT2D eigenvalue weighted by atomic mass is 9.70. The van der Waals surface area contributed by atoms with Crippen molar-refractivity contribution in [3.05, 3.63) is 393 Å². The van der Waals surface area contributed by atoms with Crippen LogP contribution in [0.4, 0.5) is 0 Å². The van der Waals surface area contributed by atoms with Crippen LogP contribution in [0.25, 0.3) is 133 Å². The van der Waals surface area contributed by atoms with Crippen LogP contribution < -0.4 is 0 Å². The van der Waals surface area contributed by atoms with E-state index in [0.29, 0.717) is 0 Å². The van der Waals surface area contributed by atoms with Gasteiger partial charge in [0.1, 0.15) is 33.5 Å². The summed E-state index contributed by atoms with van der Waals surface area (Å²) in [5, 5.41) is 7.29. The van der Waals surface area contributed by atoms with Crippen LogP contribution in [-0.2, 0) is 35.5 Å². The Hall–Kier alpha value is -12.3.